The van der Waals surface area contributed by atoms with Gasteiger partial charge >= 0.3 is 0 Å². The zero-order chi connectivity index (χ0) is 15.4. The lowest BCUT2D eigenvalue weighted by Gasteiger charge is -2.18. The zero-order valence-electron chi connectivity index (χ0n) is 12.6. The third-order valence-corrected chi connectivity index (χ3v) is 3.33. The topological polar surface area (TPSA) is 76.2 Å². The quantitative estimate of drug-likeness (QED) is 0.885. The summed E-state index contributed by atoms with van der Waals surface area (Å²) in [4.78, 5) is 12.2. The van der Waals surface area contributed by atoms with Gasteiger partial charge in [-0.05, 0) is 26.0 Å². The Morgan fingerprint density at radius 3 is 2.67 bits per heavy atom. The fourth-order valence-electron chi connectivity index (χ4n) is 2.11. The van der Waals surface area contributed by atoms with Crippen LogP contribution in [-0.2, 0) is 0 Å². The first-order valence-corrected chi connectivity index (χ1v) is 6.59. The van der Waals surface area contributed by atoms with E-state index in [9.17, 15) is 4.79 Å². The molecular formula is C15H19N3O3. The van der Waals surface area contributed by atoms with Gasteiger partial charge in [0.1, 0.15) is 11.5 Å². The zero-order valence-corrected chi connectivity index (χ0v) is 12.6. The molecule has 0 aliphatic rings. The van der Waals surface area contributed by atoms with Gasteiger partial charge in [-0.2, -0.15) is 5.10 Å². The number of aromatic amines is 1. The lowest BCUT2D eigenvalue weighted by atomic mass is 10.1. The lowest BCUT2D eigenvalue weighted by molar-refractivity contribution is 0.0939. The number of benzene rings is 1. The predicted octanol–water partition coefficient (Wildman–Crippen LogP) is 2.23. The van der Waals surface area contributed by atoms with Gasteiger partial charge in [0.25, 0.3) is 5.91 Å². The minimum atomic E-state index is -0.201. The number of aromatic nitrogens is 2. The molecule has 1 unspecified atom stereocenters. The van der Waals surface area contributed by atoms with Gasteiger partial charge < -0.3 is 14.8 Å². The van der Waals surface area contributed by atoms with Crippen molar-refractivity contribution in [1.29, 1.82) is 0 Å². The second kappa shape index (κ2) is 6.30. The monoisotopic (exact) mass is 289 g/mol. The smallest absolute Gasteiger partial charge is 0.255 e. The Hall–Kier alpha value is -2.50. The third-order valence-electron chi connectivity index (χ3n) is 3.33. The summed E-state index contributed by atoms with van der Waals surface area (Å²) in [5, 5.41) is 9.53. The number of nitrogens with zero attached hydrogens (tertiary/aromatic N) is 1. The summed E-state index contributed by atoms with van der Waals surface area (Å²) in [5.41, 5.74) is 2.16. The fraction of sp³-hybridized carbons (Fsp3) is 0.333. The van der Waals surface area contributed by atoms with E-state index in [0.29, 0.717) is 17.1 Å². The van der Waals surface area contributed by atoms with Gasteiger partial charge in [-0.15, -0.1) is 0 Å². The van der Waals surface area contributed by atoms with E-state index in [0.717, 1.165) is 11.3 Å². The SMILES string of the molecule is COc1ccc(C(C)NC(=O)c2cn[nH]c2C)c(OC)c1. The molecule has 0 fully saturated rings. The van der Waals surface area contributed by atoms with Gasteiger partial charge in [0.05, 0.1) is 32.0 Å². The number of rotatable bonds is 5. The van der Waals surface area contributed by atoms with Crippen molar-refractivity contribution < 1.29 is 14.3 Å². The van der Waals surface area contributed by atoms with Crippen LogP contribution < -0.4 is 14.8 Å². The predicted molar refractivity (Wildman–Crippen MR) is 78.8 cm³/mol. The van der Waals surface area contributed by atoms with Gasteiger partial charge in [0.15, 0.2) is 0 Å². The first-order chi connectivity index (χ1) is 10.1. The summed E-state index contributed by atoms with van der Waals surface area (Å²) in [7, 11) is 3.19. The van der Waals surface area contributed by atoms with Crippen LogP contribution >= 0.6 is 0 Å². The number of carbonyl (C=O) groups is 1. The standard InChI is InChI=1S/C15H19N3O3/c1-9(17-15(19)13-8-16-18-10(13)2)12-6-5-11(20-3)7-14(12)21-4/h5-9H,1-4H3,(H,16,18)(H,17,19). The largest absolute Gasteiger partial charge is 0.497 e. The van der Waals surface area contributed by atoms with E-state index in [1.165, 1.54) is 6.20 Å². The molecule has 1 atom stereocenters. The van der Waals surface area contributed by atoms with Crippen molar-refractivity contribution in [2.24, 2.45) is 0 Å². The van der Waals surface area contributed by atoms with Crippen molar-refractivity contribution in [3.63, 3.8) is 0 Å². The average Bonchev–Trinajstić information content (AvgIpc) is 2.92. The summed E-state index contributed by atoms with van der Waals surface area (Å²) in [6.07, 6.45) is 1.52. The van der Waals surface area contributed by atoms with Gasteiger partial charge in [-0.25, -0.2) is 0 Å². The molecule has 0 spiro atoms. The Morgan fingerprint density at radius 2 is 2.10 bits per heavy atom. The highest BCUT2D eigenvalue weighted by Gasteiger charge is 2.17. The second-order valence-corrected chi connectivity index (χ2v) is 4.71. The van der Waals surface area contributed by atoms with Gasteiger partial charge in [0, 0.05) is 17.3 Å². The molecule has 0 radical (unpaired) electrons. The Labute approximate surface area is 123 Å². The maximum Gasteiger partial charge on any atom is 0.255 e. The van der Waals surface area contributed by atoms with Crippen molar-refractivity contribution in [2.45, 2.75) is 19.9 Å². The number of nitrogens with one attached hydrogen (secondary N) is 2. The highest BCUT2D eigenvalue weighted by molar-refractivity contribution is 5.95. The average molecular weight is 289 g/mol. The van der Waals surface area contributed by atoms with E-state index < -0.39 is 0 Å². The Bertz CT molecular complexity index is 637. The van der Waals surface area contributed by atoms with Crippen molar-refractivity contribution in [3.8, 4) is 11.5 Å². The van der Waals surface area contributed by atoms with Crippen LogP contribution in [0.2, 0.25) is 0 Å². The first kappa shape index (κ1) is 14.9. The van der Waals surface area contributed by atoms with Crippen LogP contribution in [0, 0.1) is 6.92 Å². The first-order valence-electron chi connectivity index (χ1n) is 6.59. The molecule has 6 heteroatoms. The van der Waals surface area contributed by atoms with E-state index in [4.69, 9.17) is 9.47 Å². The van der Waals surface area contributed by atoms with E-state index >= 15 is 0 Å². The van der Waals surface area contributed by atoms with E-state index in [2.05, 4.69) is 15.5 Å². The van der Waals surface area contributed by atoms with Gasteiger partial charge in [-0.3, -0.25) is 9.89 Å². The van der Waals surface area contributed by atoms with Gasteiger partial charge in [0.2, 0.25) is 0 Å². The number of carbonyl (C=O) groups excluding carboxylic acids is 1. The van der Waals surface area contributed by atoms with E-state index in [-0.39, 0.29) is 11.9 Å². The van der Waals surface area contributed by atoms with Crippen LogP contribution in [0.3, 0.4) is 0 Å². The summed E-state index contributed by atoms with van der Waals surface area (Å²) in [6, 6.07) is 5.31. The number of ether oxygens (including phenoxy) is 2. The second-order valence-electron chi connectivity index (χ2n) is 4.71. The minimum absolute atomic E-state index is 0.174. The number of hydrogen-bond donors (Lipinski definition) is 2. The highest BCUT2D eigenvalue weighted by Crippen LogP contribution is 2.29. The van der Waals surface area contributed by atoms with Crippen molar-refractivity contribution in [3.05, 3.63) is 41.2 Å². The summed E-state index contributed by atoms with van der Waals surface area (Å²) in [5.74, 6) is 1.21. The third kappa shape index (κ3) is 3.16. The number of hydrogen-bond acceptors (Lipinski definition) is 4. The summed E-state index contributed by atoms with van der Waals surface area (Å²) < 4.78 is 10.5. The highest BCUT2D eigenvalue weighted by atomic mass is 16.5. The Morgan fingerprint density at radius 1 is 1.33 bits per heavy atom. The molecule has 21 heavy (non-hydrogen) atoms. The molecule has 0 aliphatic carbocycles. The molecule has 0 saturated heterocycles. The number of H-pyrrole nitrogens is 1. The number of methoxy groups -OCH3 is 2. The minimum Gasteiger partial charge on any atom is -0.497 e. The summed E-state index contributed by atoms with van der Waals surface area (Å²) in [6.45, 7) is 3.71. The van der Waals surface area contributed by atoms with Crippen LogP contribution in [0.25, 0.3) is 0 Å². The van der Waals surface area contributed by atoms with Crippen molar-refractivity contribution >= 4 is 5.91 Å². The maximum atomic E-state index is 12.2. The molecule has 112 valence electrons. The molecule has 2 rings (SSSR count). The Kier molecular flexibility index (Phi) is 4.47. The molecular weight excluding hydrogens is 270 g/mol. The normalized spacial score (nSPS) is 11.8. The van der Waals surface area contributed by atoms with Crippen LogP contribution in [-0.4, -0.2) is 30.3 Å². The summed E-state index contributed by atoms with van der Waals surface area (Å²) >= 11 is 0. The van der Waals surface area contributed by atoms with Crippen molar-refractivity contribution in [1.82, 2.24) is 15.5 Å². The van der Waals surface area contributed by atoms with Gasteiger partial charge in [-0.1, -0.05) is 0 Å². The molecule has 6 nitrogen and oxygen atoms in total. The van der Waals surface area contributed by atoms with E-state index in [1.807, 2.05) is 19.1 Å². The maximum absolute atomic E-state index is 12.2. The molecule has 1 heterocycles. The van der Waals surface area contributed by atoms with Crippen molar-refractivity contribution in [2.75, 3.05) is 14.2 Å². The number of aryl methyl sites for hydroxylation is 1. The van der Waals surface area contributed by atoms with E-state index in [1.54, 1.807) is 27.2 Å². The van der Waals surface area contributed by atoms with Crippen LogP contribution in [0.5, 0.6) is 11.5 Å². The molecule has 2 N–H and O–H groups in total. The van der Waals surface area contributed by atoms with Crippen LogP contribution in [0.15, 0.2) is 24.4 Å². The van der Waals surface area contributed by atoms with Crippen LogP contribution in [0.1, 0.15) is 34.6 Å². The number of amides is 1. The molecule has 0 saturated carbocycles. The molecule has 1 aromatic heterocycles. The lowest BCUT2D eigenvalue weighted by Crippen LogP contribution is -2.27. The molecule has 2 aromatic rings. The fourth-order valence-corrected chi connectivity index (χ4v) is 2.11. The molecule has 1 aromatic carbocycles. The molecule has 1 amide bonds. The molecule has 0 bridgehead atoms. The Balaban J connectivity index is 2.18. The van der Waals surface area contributed by atoms with Crippen LogP contribution in [0.4, 0.5) is 0 Å². The molecule has 0 aliphatic heterocycles.